The normalized spacial score (nSPS) is 11.5. The van der Waals surface area contributed by atoms with E-state index >= 15 is 0 Å². The number of rotatable bonds is 4. The third-order valence-corrected chi connectivity index (χ3v) is 3.36. The number of amides is 2. The zero-order chi connectivity index (χ0) is 16.1. The van der Waals surface area contributed by atoms with Gasteiger partial charge < -0.3 is 10.2 Å². The van der Waals surface area contributed by atoms with Gasteiger partial charge in [-0.1, -0.05) is 0 Å². The molecule has 1 atom stereocenters. The van der Waals surface area contributed by atoms with E-state index in [0.29, 0.717) is 17.9 Å². The van der Waals surface area contributed by atoms with Crippen molar-refractivity contribution in [3.63, 3.8) is 0 Å². The predicted molar refractivity (Wildman–Crippen MR) is 82.9 cm³/mol. The van der Waals surface area contributed by atoms with Crippen LogP contribution in [0.5, 0.6) is 0 Å². The van der Waals surface area contributed by atoms with Crippen molar-refractivity contribution in [2.45, 2.75) is 19.4 Å². The van der Waals surface area contributed by atoms with Crippen molar-refractivity contribution in [3.8, 4) is 17.5 Å². The van der Waals surface area contributed by atoms with Gasteiger partial charge in [0.25, 0.3) is 0 Å². The van der Waals surface area contributed by atoms with Crippen molar-refractivity contribution >= 4 is 11.7 Å². The topological polar surface area (TPSA) is 86.8 Å². The molecule has 0 saturated carbocycles. The first-order chi connectivity index (χ1) is 10.5. The highest BCUT2D eigenvalue weighted by molar-refractivity contribution is 5.89. The Kier molecular flexibility index (Phi) is 4.73. The molecule has 1 aromatic carbocycles. The van der Waals surface area contributed by atoms with Crippen molar-refractivity contribution in [2.75, 3.05) is 12.4 Å². The van der Waals surface area contributed by atoms with Gasteiger partial charge in [-0.2, -0.15) is 10.4 Å². The number of aromatic nitrogens is 3. The van der Waals surface area contributed by atoms with E-state index in [9.17, 15) is 4.79 Å². The molecule has 0 aliphatic rings. The summed E-state index contributed by atoms with van der Waals surface area (Å²) < 4.78 is 1.64. The molecule has 7 heteroatoms. The van der Waals surface area contributed by atoms with Crippen LogP contribution in [0.4, 0.5) is 10.5 Å². The van der Waals surface area contributed by atoms with Gasteiger partial charge in [-0.05, 0) is 31.2 Å². The molecule has 22 heavy (non-hydrogen) atoms. The van der Waals surface area contributed by atoms with Gasteiger partial charge >= 0.3 is 6.03 Å². The summed E-state index contributed by atoms with van der Waals surface area (Å²) in [6.45, 7) is 1.83. The Morgan fingerprint density at radius 2 is 2.14 bits per heavy atom. The highest BCUT2D eigenvalue weighted by Gasteiger charge is 2.15. The van der Waals surface area contributed by atoms with E-state index < -0.39 is 0 Å². The highest BCUT2D eigenvalue weighted by atomic mass is 16.2. The maximum atomic E-state index is 12.1. The average Bonchev–Trinajstić information content (AvgIpc) is 2.94. The molecule has 0 saturated heterocycles. The van der Waals surface area contributed by atoms with Crippen molar-refractivity contribution in [1.82, 2.24) is 19.7 Å². The minimum Gasteiger partial charge on any atom is -0.324 e. The number of hydrogen-bond donors (Lipinski definition) is 1. The first-order valence-electron chi connectivity index (χ1n) is 6.88. The Balaban J connectivity index is 2.02. The monoisotopic (exact) mass is 298 g/mol. The standard InChI is InChI=1S/C15H18N6O/c1-11(8-9-16)21(3)15(22)18-13-6-4-12(5-7-13)14-17-10-20(2)19-14/h4-7,10-11H,8H2,1-3H3,(H,18,22)/t11-/m1/s1. The number of hydrogen-bond acceptors (Lipinski definition) is 4. The molecule has 1 aromatic heterocycles. The average molecular weight is 298 g/mol. The first-order valence-corrected chi connectivity index (χ1v) is 6.88. The third kappa shape index (κ3) is 3.61. The Bertz CT molecular complexity index is 685. The molecule has 1 heterocycles. The van der Waals surface area contributed by atoms with Crippen LogP contribution in [0.15, 0.2) is 30.6 Å². The zero-order valence-corrected chi connectivity index (χ0v) is 12.8. The number of nitrogens with zero attached hydrogens (tertiary/aromatic N) is 5. The molecular weight excluding hydrogens is 280 g/mol. The molecule has 1 N–H and O–H groups in total. The fraction of sp³-hybridized carbons (Fsp3) is 0.333. The number of aryl methyl sites for hydroxylation is 1. The van der Waals surface area contributed by atoms with Gasteiger partial charge in [-0.15, -0.1) is 0 Å². The lowest BCUT2D eigenvalue weighted by Crippen LogP contribution is -2.38. The number of benzene rings is 1. The Morgan fingerprint density at radius 3 is 2.68 bits per heavy atom. The molecule has 2 rings (SSSR count). The summed E-state index contributed by atoms with van der Waals surface area (Å²) in [7, 11) is 3.48. The second-order valence-corrected chi connectivity index (χ2v) is 5.07. The minimum absolute atomic E-state index is 0.137. The summed E-state index contributed by atoms with van der Waals surface area (Å²) >= 11 is 0. The van der Waals surface area contributed by atoms with Crippen LogP contribution in [0.25, 0.3) is 11.4 Å². The molecule has 0 bridgehead atoms. The predicted octanol–water partition coefficient (Wildman–Crippen LogP) is 2.25. The quantitative estimate of drug-likeness (QED) is 0.937. The van der Waals surface area contributed by atoms with Gasteiger partial charge in [0.05, 0.1) is 12.5 Å². The molecule has 0 unspecified atom stereocenters. The van der Waals surface area contributed by atoms with Gasteiger partial charge in [0.15, 0.2) is 5.82 Å². The summed E-state index contributed by atoms with van der Waals surface area (Å²) in [5, 5.41) is 15.7. The molecule has 0 aliphatic heterocycles. The molecule has 0 radical (unpaired) electrons. The van der Waals surface area contributed by atoms with Gasteiger partial charge in [0.2, 0.25) is 0 Å². The fourth-order valence-corrected chi connectivity index (χ4v) is 1.86. The number of anilines is 1. The summed E-state index contributed by atoms with van der Waals surface area (Å²) in [6.07, 6.45) is 1.94. The summed E-state index contributed by atoms with van der Waals surface area (Å²) in [5.74, 6) is 0.639. The van der Waals surface area contributed by atoms with Crippen LogP contribution >= 0.6 is 0 Å². The van der Waals surface area contributed by atoms with Gasteiger partial charge in [-0.25, -0.2) is 9.78 Å². The Morgan fingerprint density at radius 1 is 1.45 bits per heavy atom. The Labute approximate surface area is 129 Å². The van der Waals surface area contributed by atoms with Gasteiger partial charge in [-0.3, -0.25) is 4.68 Å². The molecule has 114 valence electrons. The van der Waals surface area contributed by atoms with Crippen LogP contribution in [0.1, 0.15) is 13.3 Å². The summed E-state index contributed by atoms with van der Waals surface area (Å²) in [6, 6.07) is 8.97. The summed E-state index contributed by atoms with van der Waals surface area (Å²) in [5.41, 5.74) is 1.56. The lowest BCUT2D eigenvalue weighted by Gasteiger charge is -2.23. The zero-order valence-electron chi connectivity index (χ0n) is 12.8. The van der Waals surface area contributed by atoms with Gasteiger partial charge in [0, 0.05) is 31.4 Å². The first kappa shape index (κ1) is 15.5. The third-order valence-electron chi connectivity index (χ3n) is 3.36. The van der Waals surface area contributed by atoms with Crippen molar-refractivity contribution < 1.29 is 4.79 Å². The van der Waals surface area contributed by atoms with E-state index in [-0.39, 0.29) is 12.1 Å². The van der Waals surface area contributed by atoms with Crippen LogP contribution in [-0.4, -0.2) is 38.8 Å². The second kappa shape index (κ2) is 6.72. The van der Waals surface area contributed by atoms with E-state index in [0.717, 1.165) is 5.56 Å². The lowest BCUT2D eigenvalue weighted by molar-refractivity contribution is 0.208. The minimum atomic E-state index is -0.244. The molecular formula is C15H18N6O. The SMILES string of the molecule is C[C@H](CC#N)N(C)C(=O)Nc1ccc(-c2ncn(C)n2)cc1. The van der Waals surface area contributed by atoms with Crippen molar-refractivity contribution in [3.05, 3.63) is 30.6 Å². The number of carbonyl (C=O) groups excluding carboxylic acids is 1. The fourth-order valence-electron chi connectivity index (χ4n) is 1.86. The second-order valence-electron chi connectivity index (χ2n) is 5.07. The number of nitrogens with one attached hydrogen (secondary N) is 1. The smallest absolute Gasteiger partial charge is 0.321 e. The maximum absolute atomic E-state index is 12.1. The Hall–Kier alpha value is -2.88. The number of urea groups is 1. The lowest BCUT2D eigenvalue weighted by atomic mass is 10.2. The van der Waals surface area contributed by atoms with Crippen LogP contribution in [0.3, 0.4) is 0 Å². The highest BCUT2D eigenvalue weighted by Crippen LogP contribution is 2.18. The molecule has 2 aromatic rings. The number of nitriles is 1. The molecule has 7 nitrogen and oxygen atoms in total. The van der Waals surface area contributed by atoms with Crippen LogP contribution in [-0.2, 0) is 7.05 Å². The molecule has 0 fully saturated rings. The van der Waals surface area contributed by atoms with E-state index in [1.807, 2.05) is 26.1 Å². The van der Waals surface area contributed by atoms with Crippen LogP contribution < -0.4 is 5.32 Å². The summed E-state index contributed by atoms with van der Waals surface area (Å²) in [4.78, 5) is 17.7. The molecule has 2 amide bonds. The van der Waals surface area contributed by atoms with Crippen LogP contribution in [0.2, 0.25) is 0 Å². The van der Waals surface area contributed by atoms with Gasteiger partial charge in [0.1, 0.15) is 6.33 Å². The molecule has 0 spiro atoms. The number of carbonyl (C=O) groups is 1. The maximum Gasteiger partial charge on any atom is 0.321 e. The largest absolute Gasteiger partial charge is 0.324 e. The van der Waals surface area contributed by atoms with E-state index in [2.05, 4.69) is 21.5 Å². The van der Waals surface area contributed by atoms with Crippen molar-refractivity contribution in [1.29, 1.82) is 5.26 Å². The van der Waals surface area contributed by atoms with Crippen molar-refractivity contribution in [2.24, 2.45) is 7.05 Å². The van der Waals surface area contributed by atoms with E-state index in [1.54, 1.807) is 30.2 Å². The van der Waals surface area contributed by atoms with E-state index in [4.69, 9.17) is 5.26 Å². The van der Waals surface area contributed by atoms with E-state index in [1.165, 1.54) is 4.90 Å². The molecule has 0 aliphatic carbocycles. The van der Waals surface area contributed by atoms with Crippen LogP contribution in [0, 0.1) is 11.3 Å².